The van der Waals surface area contributed by atoms with Crippen LogP contribution >= 0.6 is 0 Å². The van der Waals surface area contributed by atoms with E-state index in [2.05, 4.69) is 34.6 Å². The number of hydrogen-bond acceptors (Lipinski definition) is 0. The molecule has 0 heteroatoms. The molecule has 72 valence electrons. The van der Waals surface area contributed by atoms with E-state index >= 15 is 0 Å². The van der Waals surface area contributed by atoms with Crippen molar-refractivity contribution < 1.29 is 0 Å². The summed E-state index contributed by atoms with van der Waals surface area (Å²) in [7, 11) is 0. The zero-order valence-electron chi connectivity index (χ0n) is 9.35. The maximum Gasteiger partial charge on any atom is -0.0303 e. The molecule has 12 heavy (non-hydrogen) atoms. The lowest BCUT2D eigenvalue weighted by molar-refractivity contribution is 0.176. The quantitative estimate of drug-likeness (QED) is 0.592. The molecule has 0 spiro atoms. The Hall–Kier alpha value is 0. The van der Waals surface area contributed by atoms with Gasteiger partial charge in [-0.1, -0.05) is 41.0 Å². The first-order valence-corrected chi connectivity index (χ1v) is 5.49. The summed E-state index contributed by atoms with van der Waals surface area (Å²) in [6, 6.07) is 0. The molecular formula is C12H24. The van der Waals surface area contributed by atoms with Crippen LogP contribution in [0.1, 0.15) is 53.9 Å². The molecule has 1 aliphatic rings. The SMILES string of the molecule is CCC(C)(CC1CC1C)C(C)C. The zero-order chi connectivity index (χ0) is 9.35. The van der Waals surface area contributed by atoms with Crippen LogP contribution in [0.5, 0.6) is 0 Å². The molecule has 0 nitrogen and oxygen atoms in total. The van der Waals surface area contributed by atoms with E-state index in [0.717, 1.165) is 17.8 Å². The average Bonchev–Trinajstić information content (AvgIpc) is 2.66. The van der Waals surface area contributed by atoms with Crippen molar-refractivity contribution >= 4 is 0 Å². The molecule has 1 saturated carbocycles. The molecule has 0 amide bonds. The minimum absolute atomic E-state index is 0.607. The Kier molecular flexibility index (Phi) is 2.85. The Morgan fingerprint density at radius 2 is 1.92 bits per heavy atom. The summed E-state index contributed by atoms with van der Waals surface area (Å²) in [6.07, 6.45) is 4.29. The van der Waals surface area contributed by atoms with Crippen LogP contribution < -0.4 is 0 Å². The molecule has 0 aliphatic heterocycles. The van der Waals surface area contributed by atoms with E-state index in [0.29, 0.717) is 5.41 Å². The Morgan fingerprint density at radius 1 is 1.42 bits per heavy atom. The second-order valence-corrected chi connectivity index (χ2v) is 5.34. The zero-order valence-corrected chi connectivity index (χ0v) is 9.35. The summed E-state index contributed by atoms with van der Waals surface area (Å²) in [6.45, 7) is 11.9. The van der Waals surface area contributed by atoms with Gasteiger partial charge in [0, 0.05) is 0 Å². The van der Waals surface area contributed by atoms with Crippen molar-refractivity contribution in [2.24, 2.45) is 23.2 Å². The Bertz CT molecular complexity index is 148. The molecule has 0 radical (unpaired) electrons. The first-order chi connectivity index (χ1) is 5.49. The standard InChI is InChI=1S/C12H24/c1-6-12(5,9(2)3)8-11-7-10(11)4/h9-11H,6-8H2,1-5H3. The maximum absolute atomic E-state index is 2.46. The van der Waals surface area contributed by atoms with Crippen LogP contribution in [0, 0.1) is 23.2 Å². The van der Waals surface area contributed by atoms with Crippen molar-refractivity contribution in [1.29, 1.82) is 0 Å². The Labute approximate surface area is 77.7 Å². The minimum atomic E-state index is 0.607. The van der Waals surface area contributed by atoms with Crippen molar-refractivity contribution in [2.45, 2.75) is 53.9 Å². The largest absolute Gasteiger partial charge is 0.0649 e. The van der Waals surface area contributed by atoms with E-state index in [9.17, 15) is 0 Å². The summed E-state index contributed by atoms with van der Waals surface area (Å²) >= 11 is 0. The third kappa shape index (κ3) is 2.02. The third-order valence-corrected chi connectivity index (χ3v) is 4.21. The minimum Gasteiger partial charge on any atom is -0.0649 e. The highest BCUT2D eigenvalue weighted by Gasteiger charge is 2.39. The lowest BCUT2D eigenvalue weighted by Crippen LogP contribution is -2.23. The van der Waals surface area contributed by atoms with Crippen LogP contribution in [0.25, 0.3) is 0 Å². The molecule has 1 rings (SSSR count). The molecule has 0 saturated heterocycles. The highest BCUT2D eigenvalue weighted by Crippen LogP contribution is 2.49. The smallest absolute Gasteiger partial charge is 0.0303 e. The van der Waals surface area contributed by atoms with Gasteiger partial charge in [0.15, 0.2) is 0 Å². The molecule has 0 aromatic heterocycles. The van der Waals surface area contributed by atoms with Gasteiger partial charge in [0.2, 0.25) is 0 Å². The molecule has 0 heterocycles. The molecule has 0 bridgehead atoms. The predicted octanol–water partition coefficient (Wildman–Crippen LogP) is 4.10. The first-order valence-electron chi connectivity index (χ1n) is 5.49. The van der Waals surface area contributed by atoms with Gasteiger partial charge in [-0.05, 0) is 36.0 Å². The second-order valence-electron chi connectivity index (χ2n) is 5.34. The first kappa shape index (κ1) is 10.1. The van der Waals surface area contributed by atoms with Crippen molar-refractivity contribution in [1.82, 2.24) is 0 Å². The fourth-order valence-corrected chi connectivity index (χ4v) is 2.07. The molecule has 0 aromatic carbocycles. The van der Waals surface area contributed by atoms with Gasteiger partial charge in [0.25, 0.3) is 0 Å². The van der Waals surface area contributed by atoms with E-state index in [-0.39, 0.29) is 0 Å². The summed E-state index contributed by atoms with van der Waals surface area (Å²) in [5.74, 6) is 2.92. The lowest BCUT2D eigenvalue weighted by Gasteiger charge is -2.33. The number of rotatable bonds is 4. The summed E-state index contributed by atoms with van der Waals surface area (Å²) < 4.78 is 0. The molecule has 1 aliphatic carbocycles. The fourth-order valence-electron chi connectivity index (χ4n) is 2.07. The monoisotopic (exact) mass is 168 g/mol. The van der Waals surface area contributed by atoms with E-state index in [4.69, 9.17) is 0 Å². The molecule has 0 aromatic rings. The van der Waals surface area contributed by atoms with Crippen molar-refractivity contribution in [2.75, 3.05) is 0 Å². The highest BCUT2D eigenvalue weighted by atomic mass is 14.4. The number of hydrogen-bond donors (Lipinski definition) is 0. The maximum atomic E-state index is 2.46. The Balaban J connectivity index is 2.44. The molecule has 0 N–H and O–H groups in total. The van der Waals surface area contributed by atoms with Gasteiger partial charge in [0.1, 0.15) is 0 Å². The van der Waals surface area contributed by atoms with Crippen LogP contribution in [0.3, 0.4) is 0 Å². The van der Waals surface area contributed by atoms with Crippen LogP contribution in [0.15, 0.2) is 0 Å². The lowest BCUT2D eigenvalue weighted by atomic mass is 9.73. The topological polar surface area (TPSA) is 0 Å². The second kappa shape index (κ2) is 3.40. The van der Waals surface area contributed by atoms with Gasteiger partial charge in [-0.15, -0.1) is 0 Å². The van der Waals surface area contributed by atoms with E-state index < -0.39 is 0 Å². The summed E-state index contributed by atoms with van der Waals surface area (Å²) in [5, 5.41) is 0. The van der Waals surface area contributed by atoms with Crippen molar-refractivity contribution in [3.8, 4) is 0 Å². The summed E-state index contributed by atoms with van der Waals surface area (Å²) in [5.41, 5.74) is 0.607. The van der Waals surface area contributed by atoms with Crippen LogP contribution in [0.4, 0.5) is 0 Å². The predicted molar refractivity (Wildman–Crippen MR) is 55.1 cm³/mol. The molecule has 1 fully saturated rings. The average molecular weight is 168 g/mol. The van der Waals surface area contributed by atoms with E-state index in [1.807, 2.05) is 0 Å². The van der Waals surface area contributed by atoms with Crippen LogP contribution in [0.2, 0.25) is 0 Å². The highest BCUT2D eigenvalue weighted by molar-refractivity contribution is 4.89. The normalized spacial score (nSPS) is 33.5. The molecular weight excluding hydrogens is 144 g/mol. The Morgan fingerprint density at radius 3 is 2.17 bits per heavy atom. The third-order valence-electron chi connectivity index (χ3n) is 4.21. The van der Waals surface area contributed by atoms with Crippen LogP contribution in [-0.4, -0.2) is 0 Å². The van der Waals surface area contributed by atoms with E-state index in [1.165, 1.54) is 19.3 Å². The van der Waals surface area contributed by atoms with Gasteiger partial charge in [-0.3, -0.25) is 0 Å². The van der Waals surface area contributed by atoms with Gasteiger partial charge >= 0.3 is 0 Å². The fraction of sp³-hybridized carbons (Fsp3) is 1.00. The van der Waals surface area contributed by atoms with Crippen molar-refractivity contribution in [3.63, 3.8) is 0 Å². The van der Waals surface area contributed by atoms with Crippen LogP contribution in [-0.2, 0) is 0 Å². The summed E-state index contributed by atoms with van der Waals surface area (Å²) in [4.78, 5) is 0. The van der Waals surface area contributed by atoms with Gasteiger partial charge < -0.3 is 0 Å². The van der Waals surface area contributed by atoms with Gasteiger partial charge in [-0.2, -0.15) is 0 Å². The van der Waals surface area contributed by atoms with Crippen molar-refractivity contribution in [3.05, 3.63) is 0 Å². The molecule has 3 atom stereocenters. The van der Waals surface area contributed by atoms with E-state index in [1.54, 1.807) is 0 Å². The van der Waals surface area contributed by atoms with Gasteiger partial charge in [0.05, 0.1) is 0 Å². The van der Waals surface area contributed by atoms with Gasteiger partial charge in [-0.25, -0.2) is 0 Å². The molecule has 3 unspecified atom stereocenters.